The molecule has 0 saturated heterocycles. The number of pyridine rings is 1. The van der Waals surface area contributed by atoms with Crippen molar-refractivity contribution in [3.8, 4) is 5.75 Å². The molecule has 2 amide bonds. The van der Waals surface area contributed by atoms with Crippen LogP contribution in [0.25, 0.3) is 0 Å². The molecule has 1 aliphatic heterocycles. The highest BCUT2D eigenvalue weighted by molar-refractivity contribution is 6.05. The van der Waals surface area contributed by atoms with Crippen LogP contribution in [0.15, 0.2) is 67.0 Å². The number of aromatic nitrogens is 1. The first-order valence-corrected chi connectivity index (χ1v) is 16.3. The third-order valence-electron chi connectivity index (χ3n) is 8.48. The summed E-state index contributed by atoms with van der Waals surface area (Å²) in [6, 6.07) is 12.8. The van der Waals surface area contributed by atoms with Crippen LogP contribution >= 0.6 is 0 Å². The van der Waals surface area contributed by atoms with Crippen LogP contribution in [0.4, 0.5) is 18.9 Å². The van der Waals surface area contributed by atoms with E-state index in [4.69, 9.17) is 9.47 Å². The summed E-state index contributed by atoms with van der Waals surface area (Å²) < 4.78 is 51.8. The summed E-state index contributed by atoms with van der Waals surface area (Å²) in [4.78, 5) is 34.8. The molecule has 2 aromatic carbocycles. The third kappa shape index (κ3) is 10.2. The summed E-state index contributed by atoms with van der Waals surface area (Å²) in [5, 5.41) is 13.0. The fourth-order valence-corrected chi connectivity index (χ4v) is 5.65. The quantitative estimate of drug-likeness (QED) is 0.291. The molecule has 2 heterocycles. The Bertz CT molecular complexity index is 1490. The summed E-state index contributed by atoms with van der Waals surface area (Å²) in [6.07, 6.45) is 0.489. The maximum Gasteiger partial charge on any atom is 0.416 e. The molecule has 2 N–H and O–H groups in total. The second kappa shape index (κ2) is 16.9. The lowest BCUT2D eigenvalue weighted by atomic mass is 10.0. The molecule has 9 nitrogen and oxygen atoms in total. The number of benzene rings is 2. The van der Waals surface area contributed by atoms with Gasteiger partial charge in [0.05, 0.1) is 36.0 Å². The van der Waals surface area contributed by atoms with E-state index in [9.17, 15) is 27.9 Å². The Morgan fingerprint density at radius 3 is 2.48 bits per heavy atom. The minimum atomic E-state index is -4.39. The smallest absolute Gasteiger partial charge is 0.416 e. The first kappa shape index (κ1) is 36.8. The van der Waals surface area contributed by atoms with Gasteiger partial charge in [0.25, 0.3) is 11.8 Å². The highest BCUT2D eigenvalue weighted by atomic mass is 19.4. The van der Waals surface area contributed by atoms with Crippen LogP contribution in [0, 0.1) is 5.92 Å². The topological polar surface area (TPSA) is 104 Å². The molecule has 4 atom stereocenters. The van der Waals surface area contributed by atoms with Gasteiger partial charge in [0.2, 0.25) is 0 Å². The molecule has 12 heteroatoms. The minimum Gasteiger partial charge on any atom is -0.490 e. The molecule has 48 heavy (non-hydrogen) atoms. The van der Waals surface area contributed by atoms with Crippen molar-refractivity contribution in [2.75, 3.05) is 38.7 Å². The number of aliphatic hydroxyl groups excluding tert-OH is 1. The van der Waals surface area contributed by atoms with Gasteiger partial charge in [0, 0.05) is 55.8 Å². The summed E-state index contributed by atoms with van der Waals surface area (Å²) in [6.45, 7) is 7.04. The molecule has 1 aromatic heterocycles. The number of nitrogens with one attached hydrogen (secondary N) is 1. The van der Waals surface area contributed by atoms with Crippen molar-refractivity contribution in [1.82, 2.24) is 14.8 Å². The lowest BCUT2D eigenvalue weighted by molar-refractivity contribution is -0.137. The summed E-state index contributed by atoms with van der Waals surface area (Å²) in [7, 11) is 1.88. The van der Waals surface area contributed by atoms with E-state index in [0.717, 1.165) is 37.0 Å². The van der Waals surface area contributed by atoms with E-state index in [0.29, 0.717) is 36.7 Å². The number of rotatable bonds is 8. The maximum atomic E-state index is 14.3. The van der Waals surface area contributed by atoms with E-state index >= 15 is 0 Å². The Hall–Kier alpha value is -4.00. The molecule has 4 rings (SSSR count). The molecule has 260 valence electrons. The van der Waals surface area contributed by atoms with Crippen LogP contribution in [-0.4, -0.2) is 83.3 Å². The summed E-state index contributed by atoms with van der Waals surface area (Å²) in [5.41, 5.74) is 1.14. The number of carbonyl (C=O) groups excluding carboxylic acids is 2. The number of carbonyl (C=O) groups is 2. The van der Waals surface area contributed by atoms with Gasteiger partial charge < -0.3 is 24.8 Å². The van der Waals surface area contributed by atoms with E-state index in [1.807, 2.05) is 25.8 Å². The van der Waals surface area contributed by atoms with Gasteiger partial charge in [0.15, 0.2) is 0 Å². The predicted octanol–water partition coefficient (Wildman–Crippen LogP) is 6.28. The normalized spacial score (nSPS) is 20.4. The molecule has 1 aliphatic rings. The lowest BCUT2D eigenvalue weighted by Gasteiger charge is -2.36. The molecule has 0 unspecified atom stereocenters. The Morgan fingerprint density at radius 1 is 1.10 bits per heavy atom. The largest absolute Gasteiger partial charge is 0.490 e. The molecule has 0 fully saturated rings. The van der Waals surface area contributed by atoms with E-state index < -0.39 is 17.8 Å². The van der Waals surface area contributed by atoms with Crippen LogP contribution in [0.1, 0.15) is 71.9 Å². The molecule has 3 aromatic rings. The fourth-order valence-electron chi connectivity index (χ4n) is 5.65. The average Bonchev–Trinajstić information content (AvgIpc) is 3.06. The second-order valence-electron chi connectivity index (χ2n) is 12.6. The van der Waals surface area contributed by atoms with Crippen molar-refractivity contribution in [2.24, 2.45) is 5.92 Å². The van der Waals surface area contributed by atoms with E-state index in [1.54, 1.807) is 42.2 Å². The van der Waals surface area contributed by atoms with Crippen molar-refractivity contribution in [3.63, 3.8) is 0 Å². The molecular formula is C36H45F3N4O5. The number of alkyl halides is 3. The van der Waals surface area contributed by atoms with Gasteiger partial charge in [-0.1, -0.05) is 19.1 Å². The van der Waals surface area contributed by atoms with Crippen LogP contribution in [-0.2, 0) is 17.5 Å². The second-order valence-corrected chi connectivity index (χ2v) is 12.6. The van der Waals surface area contributed by atoms with Gasteiger partial charge in [0.1, 0.15) is 5.75 Å². The van der Waals surface area contributed by atoms with Gasteiger partial charge in [-0.3, -0.25) is 19.5 Å². The number of hydrogen-bond donors (Lipinski definition) is 2. The molecule has 0 spiro atoms. The zero-order chi connectivity index (χ0) is 34.8. The van der Waals surface area contributed by atoms with Gasteiger partial charge in [-0.2, -0.15) is 13.2 Å². The Labute approximate surface area is 280 Å². The highest BCUT2D eigenvalue weighted by Gasteiger charge is 2.32. The number of likely N-dealkylation sites (N-methyl/N-ethyl adjacent to an activating group) is 1. The van der Waals surface area contributed by atoms with Crippen molar-refractivity contribution >= 4 is 17.5 Å². The number of nitrogens with zero attached hydrogens (tertiary/aromatic N) is 3. The van der Waals surface area contributed by atoms with E-state index in [-0.39, 0.29) is 48.7 Å². The minimum absolute atomic E-state index is 0.182. The molecule has 0 saturated carbocycles. The van der Waals surface area contributed by atoms with Crippen molar-refractivity contribution in [2.45, 2.75) is 71.0 Å². The molecule has 0 radical (unpaired) electrons. The summed E-state index contributed by atoms with van der Waals surface area (Å²) >= 11 is 0. The van der Waals surface area contributed by atoms with Crippen molar-refractivity contribution < 1.29 is 37.3 Å². The van der Waals surface area contributed by atoms with Gasteiger partial charge in [-0.25, -0.2) is 0 Å². The first-order valence-electron chi connectivity index (χ1n) is 16.3. The predicted molar refractivity (Wildman–Crippen MR) is 177 cm³/mol. The number of amides is 2. The number of halogens is 3. The van der Waals surface area contributed by atoms with E-state index in [1.165, 1.54) is 24.5 Å². The zero-order valence-corrected chi connectivity index (χ0v) is 27.9. The molecule has 0 bridgehead atoms. The van der Waals surface area contributed by atoms with E-state index in [2.05, 4.69) is 10.3 Å². The van der Waals surface area contributed by atoms with Gasteiger partial charge in [-0.05, 0) is 88.2 Å². The van der Waals surface area contributed by atoms with Crippen LogP contribution in [0.3, 0.4) is 0 Å². The zero-order valence-electron chi connectivity index (χ0n) is 27.9. The van der Waals surface area contributed by atoms with Gasteiger partial charge in [-0.15, -0.1) is 0 Å². The number of aliphatic hydroxyl groups is 1. The van der Waals surface area contributed by atoms with Crippen molar-refractivity contribution in [1.29, 1.82) is 0 Å². The Morgan fingerprint density at radius 2 is 1.81 bits per heavy atom. The van der Waals surface area contributed by atoms with Crippen LogP contribution in [0.5, 0.6) is 5.75 Å². The molecular weight excluding hydrogens is 625 g/mol. The standard InChI is InChI=1S/C36H45F3N4O5/c1-24-20-43(25(2)23-44)35(46)31-19-30(41-34(45)28-14-16-40-17-15-28)12-13-32(31)48-26(3)7-5-6-18-47-33(24)22-42(4)21-27-8-10-29(11-9-27)36(37,38)39/h8-17,19,24-26,33,44H,5-7,18,20-23H2,1-4H3,(H,41,45)/t24-,25-,26-,33-/m1/s1. The Balaban J connectivity index is 1.58. The number of hydrogen-bond acceptors (Lipinski definition) is 7. The monoisotopic (exact) mass is 670 g/mol. The van der Waals surface area contributed by atoms with Crippen molar-refractivity contribution in [3.05, 3.63) is 89.2 Å². The van der Waals surface area contributed by atoms with Gasteiger partial charge >= 0.3 is 6.18 Å². The average molecular weight is 671 g/mol. The Kier molecular flexibility index (Phi) is 13.0. The SMILES string of the molecule is C[C@@H]1CCCCO[C@H](CN(C)Cc2ccc(C(F)(F)F)cc2)[C@H](C)CN([C@H](C)CO)C(=O)c2cc(NC(=O)c3ccncc3)ccc2O1. The molecule has 0 aliphatic carbocycles. The van der Waals surface area contributed by atoms with Crippen LogP contribution in [0.2, 0.25) is 0 Å². The number of ether oxygens (including phenoxy) is 2. The maximum absolute atomic E-state index is 14.3. The third-order valence-corrected chi connectivity index (χ3v) is 8.48. The number of anilines is 1. The van der Waals surface area contributed by atoms with Crippen LogP contribution < -0.4 is 10.1 Å². The first-order chi connectivity index (χ1) is 22.8. The fraction of sp³-hybridized carbons (Fsp3) is 0.472. The highest BCUT2D eigenvalue weighted by Crippen LogP contribution is 2.30. The number of fused-ring (bicyclic) bond motifs is 1. The lowest BCUT2D eigenvalue weighted by Crippen LogP contribution is -2.47. The summed E-state index contributed by atoms with van der Waals surface area (Å²) in [5.74, 6) is -0.508.